The minimum Gasteiger partial charge on any atom is -0.481 e. The smallest absolute Gasteiger partial charge is 0.255 e. The minimum atomic E-state index is -0.144. The van der Waals surface area contributed by atoms with Crippen molar-refractivity contribution in [2.45, 2.75) is 19.8 Å². The number of amides is 1. The van der Waals surface area contributed by atoms with Crippen LogP contribution in [0.4, 0.5) is 5.69 Å². The normalized spacial score (nSPS) is 11.0. The molecule has 124 valence electrons. The summed E-state index contributed by atoms with van der Waals surface area (Å²) in [6, 6.07) is 13.3. The van der Waals surface area contributed by atoms with Crippen LogP contribution in [0.3, 0.4) is 0 Å². The van der Waals surface area contributed by atoms with Gasteiger partial charge in [0, 0.05) is 18.3 Å². The molecule has 0 saturated carbocycles. The molecule has 2 aromatic carbocycles. The first kappa shape index (κ1) is 16.1. The average Bonchev–Trinajstić information content (AvgIpc) is 2.89. The van der Waals surface area contributed by atoms with Crippen molar-refractivity contribution in [3.63, 3.8) is 0 Å². The molecule has 0 fully saturated rings. The van der Waals surface area contributed by atoms with Crippen molar-refractivity contribution in [3.8, 4) is 5.88 Å². The van der Waals surface area contributed by atoms with Crippen molar-refractivity contribution >= 4 is 22.5 Å². The van der Waals surface area contributed by atoms with E-state index in [0.29, 0.717) is 17.4 Å². The largest absolute Gasteiger partial charge is 0.481 e. The third kappa shape index (κ3) is 2.85. The van der Waals surface area contributed by atoms with Crippen LogP contribution in [0.5, 0.6) is 5.88 Å². The van der Waals surface area contributed by atoms with Crippen LogP contribution in [0.1, 0.15) is 35.7 Å². The van der Waals surface area contributed by atoms with Crippen LogP contribution < -0.4 is 10.1 Å². The summed E-state index contributed by atoms with van der Waals surface area (Å²) >= 11 is 0. The maximum absolute atomic E-state index is 12.6. The fourth-order valence-corrected chi connectivity index (χ4v) is 2.87. The lowest BCUT2D eigenvalue weighted by Crippen LogP contribution is -2.13. The molecule has 0 radical (unpaired) electrons. The molecule has 3 aromatic rings. The Morgan fingerprint density at radius 2 is 1.96 bits per heavy atom. The molecule has 0 aliphatic rings. The topological polar surface area (TPSA) is 56.1 Å². The van der Waals surface area contributed by atoms with E-state index in [1.807, 2.05) is 37.4 Å². The molecule has 24 heavy (non-hydrogen) atoms. The number of nitrogens with one attached hydrogen (secondary N) is 1. The second-order valence-corrected chi connectivity index (χ2v) is 6.06. The molecule has 0 atom stereocenters. The number of carbonyl (C=O) groups excluding carboxylic acids is 1. The Balaban J connectivity index is 1.92. The predicted molar refractivity (Wildman–Crippen MR) is 95.8 cm³/mol. The zero-order valence-corrected chi connectivity index (χ0v) is 14.3. The van der Waals surface area contributed by atoms with Gasteiger partial charge in [-0.3, -0.25) is 4.79 Å². The standard InChI is InChI=1S/C19H21N3O2/c1-12(2)14-7-5-6-8-16(14)20-18(23)13-9-10-15-17(11-13)21-22(3)19(15)24-4/h5-12H,1-4H3,(H,20,23). The number of hydrogen-bond acceptors (Lipinski definition) is 3. The molecule has 5 nitrogen and oxygen atoms in total. The third-order valence-electron chi connectivity index (χ3n) is 4.07. The van der Waals surface area contributed by atoms with Gasteiger partial charge in [0.25, 0.3) is 5.91 Å². The van der Waals surface area contributed by atoms with E-state index in [4.69, 9.17) is 4.74 Å². The number of carbonyl (C=O) groups is 1. The Morgan fingerprint density at radius 3 is 2.67 bits per heavy atom. The molecule has 1 heterocycles. The molecular formula is C19H21N3O2. The number of aromatic nitrogens is 2. The van der Waals surface area contributed by atoms with E-state index in [1.165, 1.54) is 0 Å². The Bertz CT molecular complexity index is 897. The number of para-hydroxylation sites is 1. The molecule has 0 aliphatic heterocycles. The first-order valence-corrected chi connectivity index (χ1v) is 7.92. The minimum absolute atomic E-state index is 0.144. The van der Waals surface area contributed by atoms with Gasteiger partial charge in [-0.1, -0.05) is 32.0 Å². The molecule has 0 saturated heterocycles. The molecule has 1 amide bonds. The van der Waals surface area contributed by atoms with Gasteiger partial charge in [-0.05, 0) is 35.7 Å². The fourth-order valence-electron chi connectivity index (χ4n) is 2.87. The lowest BCUT2D eigenvalue weighted by molar-refractivity contribution is 0.102. The number of benzene rings is 2. The van der Waals surface area contributed by atoms with Crippen LogP contribution in [0.15, 0.2) is 42.5 Å². The number of anilines is 1. The molecule has 0 bridgehead atoms. The number of hydrogen-bond donors (Lipinski definition) is 1. The van der Waals surface area contributed by atoms with E-state index < -0.39 is 0 Å². The van der Waals surface area contributed by atoms with Gasteiger partial charge < -0.3 is 10.1 Å². The van der Waals surface area contributed by atoms with E-state index in [2.05, 4.69) is 24.3 Å². The monoisotopic (exact) mass is 323 g/mol. The van der Waals surface area contributed by atoms with Crippen molar-refractivity contribution in [1.82, 2.24) is 9.78 Å². The van der Waals surface area contributed by atoms with Gasteiger partial charge >= 0.3 is 0 Å². The van der Waals surface area contributed by atoms with Gasteiger partial charge in [0.2, 0.25) is 5.88 Å². The highest BCUT2D eigenvalue weighted by molar-refractivity contribution is 6.06. The van der Waals surface area contributed by atoms with Crippen LogP contribution in [-0.4, -0.2) is 22.8 Å². The summed E-state index contributed by atoms with van der Waals surface area (Å²) in [4.78, 5) is 12.6. The van der Waals surface area contributed by atoms with Gasteiger partial charge in [0.1, 0.15) is 0 Å². The number of rotatable bonds is 4. The maximum Gasteiger partial charge on any atom is 0.255 e. The van der Waals surface area contributed by atoms with E-state index >= 15 is 0 Å². The average molecular weight is 323 g/mol. The molecule has 3 rings (SSSR count). The van der Waals surface area contributed by atoms with Crippen LogP contribution in [0.2, 0.25) is 0 Å². The lowest BCUT2D eigenvalue weighted by Gasteiger charge is -2.13. The fraction of sp³-hybridized carbons (Fsp3) is 0.263. The first-order chi connectivity index (χ1) is 11.5. The number of ether oxygens (including phenoxy) is 1. The molecule has 0 unspecified atom stereocenters. The van der Waals surface area contributed by atoms with Gasteiger partial charge in [0.15, 0.2) is 0 Å². The van der Waals surface area contributed by atoms with Crippen molar-refractivity contribution in [3.05, 3.63) is 53.6 Å². The van der Waals surface area contributed by atoms with Crippen molar-refractivity contribution in [1.29, 1.82) is 0 Å². The highest BCUT2D eigenvalue weighted by Gasteiger charge is 2.14. The van der Waals surface area contributed by atoms with E-state index in [9.17, 15) is 4.79 Å². The molecule has 0 aliphatic carbocycles. The van der Waals surface area contributed by atoms with Crippen LogP contribution in [0, 0.1) is 0 Å². The highest BCUT2D eigenvalue weighted by atomic mass is 16.5. The van der Waals surface area contributed by atoms with Crippen molar-refractivity contribution in [2.75, 3.05) is 12.4 Å². The van der Waals surface area contributed by atoms with E-state index in [0.717, 1.165) is 22.2 Å². The number of aryl methyl sites for hydroxylation is 1. The van der Waals surface area contributed by atoms with Crippen LogP contribution >= 0.6 is 0 Å². The number of methoxy groups -OCH3 is 1. The maximum atomic E-state index is 12.6. The summed E-state index contributed by atoms with van der Waals surface area (Å²) < 4.78 is 7.00. The summed E-state index contributed by atoms with van der Waals surface area (Å²) in [5.41, 5.74) is 3.27. The highest BCUT2D eigenvalue weighted by Crippen LogP contribution is 2.27. The van der Waals surface area contributed by atoms with Crippen LogP contribution in [0.25, 0.3) is 10.9 Å². The second-order valence-electron chi connectivity index (χ2n) is 6.06. The quantitative estimate of drug-likeness (QED) is 0.791. The Kier molecular flexibility index (Phi) is 4.25. The summed E-state index contributed by atoms with van der Waals surface area (Å²) in [6.45, 7) is 4.22. The van der Waals surface area contributed by atoms with Gasteiger partial charge in [-0.2, -0.15) is 5.10 Å². The number of fused-ring (bicyclic) bond motifs is 1. The molecule has 1 N–H and O–H groups in total. The molecular weight excluding hydrogens is 302 g/mol. The second kappa shape index (κ2) is 6.35. The van der Waals surface area contributed by atoms with E-state index in [-0.39, 0.29) is 5.91 Å². The Hall–Kier alpha value is -2.82. The van der Waals surface area contributed by atoms with Crippen molar-refractivity contribution < 1.29 is 9.53 Å². The van der Waals surface area contributed by atoms with Crippen molar-refractivity contribution in [2.24, 2.45) is 7.05 Å². The molecule has 1 aromatic heterocycles. The Labute approximate surface area is 141 Å². The van der Waals surface area contributed by atoms with Gasteiger partial charge in [-0.15, -0.1) is 0 Å². The summed E-state index contributed by atoms with van der Waals surface area (Å²) in [5, 5.41) is 8.28. The van der Waals surface area contributed by atoms with Gasteiger partial charge in [0.05, 0.1) is 18.0 Å². The predicted octanol–water partition coefficient (Wildman–Crippen LogP) is 3.96. The lowest BCUT2D eigenvalue weighted by atomic mass is 10.0. The van der Waals surface area contributed by atoms with Gasteiger partial charge in [-0.25, -0.2) is 4.68 Å². The Morgan fingerprint density at radius 1 is 1.21 bits per heavy atom. The molecule has 0 spiro atoms. The first-order valence-electron chi connectivity index (χ1n) is 7.92. The summed E-state index contributed by atoms with van der Waals surface area (Å²) in [7, 11) is 3.43. The summed E-state index contributed by atoms with van der Waals surface area (Å²) in [5.74, 6) is 0.876. The third-order valence-corrected chi connectivity index (χ3v) is 4.07. The van der Waals surface area contributed by atoms with Crippen LogP contribution in [-0.2, 0) is 7.05 Å². The molecule has 5 heteroatoms. The number of nitrogens with zero attached hydrogens (tertiary/aromatic N) is 2. The zero-order valence-electron chi connectivity index (χ0n) is 14.3. The zero-order chi connectivity index (χ0) is 17.3. The SMILES string of the molecule is COc1c2ccc(C(=O)Nc3ccccc3C(C)C)cc2nn1C. The van der Waals surface area contributed by atoms with E-state index in [1.54, 1.807) is 23.9 Å². The summed E-state index contributed by atoms with van der Waals surface area (Å²) in [6.07, 6.45) is 0.